The van der Waals surface area contributed by atoms with Crippen molar-refractivity contribution in [1.29, 1.82) is 0 Å². The quantitative estimate of drug-likeness (QED) is 0.0594. The van der Waals surface area contributed by atoms with Gasteiger partial charge in [-0.2, -0.15) is 5.06 Å². The third-order valence-electron chi connectivity index (χ3n) is 13.4. The summed E-state index contributed by atoms with van der Waals surface area (Å²) >= 11 is 0. The Morgan fingerprint density at radius 1 is 0.475 bits per heavy atom. The summed E-state index contributed by atoms with van der Waals surface area (Å²) in [5.74, 6) is -1.47. The molecule has 0 aromatic heterocycles. The molecular weight excluding hydrogens is 735 g/mol. The van der Waals surface area contributed by atoms with Crippen molar-refractivity contribution in [3.05, 3.63) is 130 Å². The van der Waals surface area contributed by atoms with Crippen molar-refractivity contribution in [3.63, 3.8) is 0 Å². The summed E-state index contributed by atoms with van der Waals surface area (Å²) in [4.78, 5) is 66.1. The van der Waals surface area contributed by atoms with Gasteiger partial charge in [-0.25, -0.2) is 9.80 Å². The van der Waals surface area contributed by atoms with Gasteiger partial charge in [0, 0.05) is 33.0 Å². The molecule has 0 N–H and O–H groups in total. The maximum atomic E-state index is 14.5. The summed E-state index contributed by atoms with van der Waals surface area (Å²) in [7, 11) is 1.67. The van der Waals surface area contributed by atoms with E-state index < -0.39 is 11.1 Å². The minimum absolute atomic E-state index is 0.351. The molecule has 0 radical (unpaired) electrons. The van der Waals surface area contributed by atoms with E-state index in [1.807, 2.05) is 96.1 Å². The molecule has 0 bridgehead atoms. The average Bonchev–Trinajstić information content (AvgIpc) is 3.38. The molecule has 0 fully saturated rings. The Morgan fingerprint density at radius 2 is 0.898 bits per heavy atom. The van der Waals surface area contributed by atoms with Crippen LogP contribution in [0, 0.1) is 0 Å². The summed E-state index contributed by atoms with van der Waals surface area (Å²) in [6.45, 7) is 10.6. The number of fused-ring (bicyclic) bond motifs is 3. The second kappa shape index (κ2) is 13.3. The Kier molecular flexibility index (Phi) is 8.40. The van der Waals surface area contributed by atoms with Crippen LogP contribution in [0.3, 0.4) is 0 Å². The highest BCUT2D eigenvalue weighted by atomic mass is 16.7. The predicted octanol–water partition coefficient (Wildman–Crippen LogP) is 11.6. The first-order chi connectivity index (χ1) is 28.4. The van der Waals surface area contributed by atoms with Gasteiger partial charge in [0.05, 0.1) is 29.6 Å². The lowest BCUT2D eigenvalue weighted by molar-refractivity contribution is -0.241. The number of imide groups is 2. The van der Waals surface area contributed by atoms with Crippen molar-refractivity contribution in [3.8, 4) is 0 Å². The molecule has 3 aliphatic rings. The molecule has 0 spiro atoms. The zero-order valence-electron chi connectivity index (χ0n) is 34.5. The Morgan fingerprint density at radius 3 is 1.37 bits per heavy atom. The van der Waals surface area contributed by atoms with Crippen molar-refractivity contribution >= 4 is 78.1 Å². The summed E-state index contributed by atoms with van der Waals surface area (Å²) in [5.41, 5.74) is 5.26. The van der Waals surface area contributed by atoms with Gasteiger partial charge >= 0.3 is 0 Å². The molecule has 59 heavy (non-hydrogen) atoms. The molecule has 7 aromatic rings. The van der Waals surface area contributed by atoms with Gasteiger partial charge in [-0.3, -0.25) is 19.2 Å². The van der Waals surface area contributed by atoms with Gasteiger partial charge < -0.3 is 4.84 Å². The largest absolute Gasteiger partial charge is 0.301 e. The van der Waals surface area contributed by atoms with E-state index in [1.54, 1.807) is 7.11 Å². The van der Waals surface area contributed by atoms with E-state index in [2.05, 4.69) is 34.6 Å². The number of hydrogen-bond acceptors (Lipinski definition) is 6. The van der Waals surface area contributed by atoms with Crippen LogP contribution in [0.5, 0.6) is 0 Å². The van der Waals surface area contributed by atoms with E-state index in [1.165, 1.54) is 47.5 Å². The zero-order valence-corrected chi connectivity index (χ0v) is 34.5. The van der Waals surface area contributed by atoms with Gasteiger partial charge in [0.2, 0.25) is 0 Å². The van der Waals surface area contributed by atoms with E-state index in [9.17, 15) is 19.2 Å². The Labute approximate surface area is 343 Å². The van der Waals surface area contributed by atoms with Crippen molar-refractivity contribution in [2.45, 2.75) is 90.6 Å². The number of hydroxylamine groups is 2. The van der Waals surface area contributed by atoms with Crippen molar-refractivity contribution in [2.24, 2.45) is 0 Å². The second-order valence-electron chi connectivity index (χ2n) is 17.5. The molecule has 0 atom stereocenters. The molecule has 0 aliphatic carbocycles. The summed E-state index contributed by atoms with van der Waals surface area (Å²) < 4.78 is 0. The van der Waals surface area contributed by atoms with Crippen LogP contribution in [-0.2, 0) is 22.3 Å². The molecule has 7 aromatic carbocycles. The number of anilines is 2. The molecule has 8 heteroatoms. The normalized spacial score (nSPS) is 17.1. The Bertz CT molecular complexity index is 2840. The van der Waals surface area contributed by atoms with Crippen LogP contribution in [0.4, 0.5) is 11.4 Å². The second-order valence-corrected chi connectivity index (χ2v) is 17.5. The van der Waals surface area contributed by atoms with Crippen LogP contribution in [0.1, 0.15) is 131 Å². The number of aryl methyl sites for hydroxylation is 1. The van der Waals surface area contributed by atoms with Crippen molar-refractivity contribution in [2.75, 3.05) is 16.9 Å². The van der Waals surface area contributed by atoms with Crippen LogP contribution >= 0.6 is 0 Å². The van der Waals surface area contributed by atoms with Gasteiger partial charge in [-0.15, -0.1) is 0 Å². The summed E-state index contributed by atoms with van der Waals surface area (Å²) in [6, 6.07) is 28.7. The highest BCUT2D eigenvalue weighted by Crippen LogP contribution is 2.51. The van der Waals surface area contributed by atoms with Crippen LogP contribution in [0.15, 0.2) is 91.0 Å². The first-order valence-corrected chi connectivity index (χ1v) is 21.0. The molecule has 8 nitrogen and oxygen atoms in total. The lowest BCUT2D eigenvalue weighted by Gasteiger charge is -2.38. The first kappa shape index (κ1) is 37.3. The zero-order chi connectivity index (χ0) is 41.1. The topological polar surface area (TPSA) is 87.2 Å². The van der Waals surface area contributed by atoms with Gasteiger partial charge in [0.1, 0.15) is 0 Å². The fourth-order valence-electron chi connectivity index (χ4n) is 10.7. The van der Waals surface area contributed by atoms with E-state index >= 15 is 0 Å². The molecular formula is C51H47N3O5. The van der Waals surface area contributed by atoms with E-state index in [0.29, 0.717) is 44.4 Å². The first-order valence-electron chi connectivity index (χ1n) is 21.0. The SMILES string of the molecule is CCCCCCCCc1ccc(N2C(=O)c3ccc4c5ccc6c7c(ccc(c8ccc(c3c48)C2=O)c75)C(=O)N(c2ccc3c(c2)C(C)(C)N(OC)C3(C)C)C6=O)cc1. The Balaban J connectivity index is 1.03. The fraction of sp³-hybridized carbons (Fsp3) is 0.294. The van der Waals surface area contributed by atoms with Crippen LogP contribution in [0.25, 0.3) is 43.1 Å². The maximum Gasteiger partial charge on any atom is 0.265 e. The van der Waals surface area contributed by atoms with Gasteiger partial charge in [-0.1, -0.05) is 81.5 Å². The monoisotopic (exact) mass is 781 g/mol. The highest BCUT2D eigenvalue weighted by molar-refractivity contribution is 6.45. The molecule has 0 unspecified atom stereocenters. The molecule has 3 aliphatic heterocycles. The number of carbonyl (C=O) groups is 4. The van der Waals surface area contributed by atoms with Crippen LogP contribution in [-0.4, -0.2) is 35.8 Å². The summed E-state index contributed by atoms with van der Waals surface area (Å²) in [5, 5.41) is 8.30. The predicted molar refractivity (Wildman–Crippen MR) is 235 cm³/mol. The number of carbonyl (C=O) groups excluding carboxylic acids is 4. The molecule has 4 amide bonds. The number of nitrogens with zero attached hydrogens (tertiary/aromatic N) is 3. The van der Waals surface area contributed by atoms with E-state index in [4.69, 9.17) is 4.84 Å². The van der Waals surface area contributed by atoms with Gasteiger partial charge in [0.25, 0.3) is 23.6 Å². The van der Waals surface area contributed by atoms with Crippen molar-refractivity contribution < 1.29 is 24.0 Å². The molecule has 0 saturated heterocycles. The number of benzene rings is 7. The number of amides is 4. The molecule has 3 heterocycles. The third kappa shape index (κ3) is 5.15. The van der Waals surface area contributed by atoms with E-state index in [0.717, 1.165) is 56.3 Å². The molecule has 0 saturated carbocycles. The number of hydrogen-bond donors (Lipinski definition) is 0. The number of unbranched alkanes of at least 4 members (excludes halogenated alkanes) is 5. The van der Waals surface area contributed by atoms with Crippen LogP contribution < -0.4 is 9.80 Å². The van der Waals surface area contributed by atoms with E-state index in [-0.39, 0.29) is 23.6 Å². The standard InChI is InChI=1S/C51H47N3O5/c1-7-8-9-10-11-12-13-29-14-16-30(17-15-29)52-46(55)36-23-19-32-34-21-25-38-45-39(26-22-35(43(34)45)33-20-24-37(47(52)56)44(36)42(32)33)49(58)53(48(38)57)31-18-27-40-41(28-31)51(4,5)54(59-6)50(40,2)3/h14-28H,7-13H2,1-6H3. The van der Waals surface area contributed by atoms with Crippen LogP contribution in [0.2, 0.25) is 0 Å². The maximum absolute atomic E-state index is 14.5. The van der Waals surface area contributed by atoms with Gasteiger partial charge in [0.15, 0.2) is 0 Å². The average molecular weight is 782 g/mol. The third-order valence-corrected chi connectivity index (χ3v) is 13.4. The molecule has 10 rings (SSSR count). The highest BCUT2D eigenvalue weighted by Gasteiger charge is 2.50. The fourth-order valence-corrected chi connectivity index (χ4v) is 10.7. The molecule has 296 valence electrons. The van der Waals surface area contributed by atoms with Crippen molar-refractivity contribution in [1.82, 2.24) is 5.06 Å². The minimum atomic E-state index is -0.509. The lowest BCUT2D eigenvalue weighted by Crippen LogP contribution is -2.44. The van der Waals surface area contributed by atoms with Gasteiger partial charge in [-0.05, 0) is 138 Å². The number of rotatable bonds is 10. The Hall–Kier alpha value is -5.96. The summed E-state index contributed by atoms with van der Waals surface area (Å²) in [6.07, 6.45) is 8.34. The smallest absolute Gasteiger partial charge is 0.265 e. The minimum Gasteiger partial charge on any atom is -0.301 e. The lowest BCUT2D eigenvalue weighted by atomic mass is 9.82.